The minimum atomic E-state index is -1.24. The van der Waals surface area contributed by atoms with Crippen LogP contribution in [-0.2, 0) is 24.9 Å². The molecule has 1 aliphatic rings. The van der Waals surface area contributed by atoms with Gasteiger partial charge in [0.25, 0.3) is 5.91 Å². The van der Waals surface area contributed by atoms with Crippen LogP contribution in [-0.4, -0.2) is 52.7 Å². The third-order valence-corrected chi connectivity index (χ3v) is 13.9. The second-order valence-electron chi connectivity index (χ2n) is 16.5. The molecule has 0 radical (unpaired) electrons. The fraction of sp³-hybridized carbons (Fsp3) is 0.409. The van der Waals surface area contributed by atoms with Gasteiger partial charge in [-0.3, -0.25) is 9.48 Å². The molecule has 0 saturated heterocycles. The van der Waals surface area contributed by atoms with Crippen LogP contribution in [0.5, 0.6) is 5.75 Å². The number of amides is 1. The SMILES string of the molecule is Cc1cc(OCCCc2c3n(c4c(-c5c(C)nn(C)c5C)c(Cl)ccc24)[C@H](C)CN(c2c(C)n(COCC[Si](C)(C)C)c4ccccc24)C3=O)cc(C)c1Cl. The maximum absolute atomic E-state index is 15.3. The number of para-hydroxylation sites is 1. The smallest absolute Gasteiger partial charge is 0.275 e. The second-order valence-corrected chi connectivity index (χ2v) is 22.9. The molecule has 55 heavy (non-hydrogen) atoms. The van der Waals surface area contributed by atoms with Gasteiger partial charge in [-0.2, -0.15) is 5.10 Å². The third kappa shape index (κ3) is 7.13. The van der Waals surface area contributed by atoms with E-state index in [1.807, 2.05) is 55.6 Å². The van der Waals surface area contributed by atoms with E-state index < -0.39 is 8.07 Å². The van der Waals surface area contributed by atoms with Gasteiger partial charge in [-0.15, -0.1) is 0 Å². The fourth-order valence-electron chi connectivity index (χ4n) is 8.38. The van der Waals surface area contributed by atoms with E-state index in [-0.39, 0.29) is 11.9 Å². The van der Waals surface area contributed by atoms with E-state index in [0.717, 1.165) is 95.8 Å². The summed E-state index contributed by atoms with van der Waals surface area (Å²) >= 11 is 13.6. The number of fused-ring (bicyclic) bond motifs is 4. The summed E-state index contributed by atoms with van der Waals surface area (Å²) in [6.07, 6.45) is 1.36. The molecule has 6 aromatic rings. The lowest BCUT2D eigenvalue weighted by molar-refractivity contribution is 0.0887. The molecule has 0 unspecified atom stereocenters. The molecule has 11 heteroatoms. The molecule has 0 N–H and O–H groups in total. The topological polar surface area (TPSA) is 66.4 Å². The molecule has 0 spiro atoms. The lowest BCUT2D eigenvalue weighted by atomic mass is 9.98. The molecule has 0 fully saturated rings. The van der Waals surface area contributed by atoms with Crippen molar-refractivity contribution in [2.75, 3.05) is 24.7 Å². The fourth-order valence-corrected chi connectivity index (χ4v) is 9.49. The first-order valence-electron chi connectivity index (χ1n) is 19.3. The molecule has 1 atom stereocenters. The van der Waals surface area contributed by atoms with Crippen molar-refractivity contribution in [1.29, 1.82) is 0 Å². The van der Waals surface area contributed by atoms with Gasteiger partial charge < -0.3 is 23.5 Å². The summed E-state index contributed by atoms with van der Waals surface area (Å²) in [4.78, 5) is 17.3. The molecule has 3 aromatic carbocycles. The van der Waals surface area contributed by atoms with E-state index >= 15 is 4.79 Å². The van der Waals surface area contributed by atoms with Gasteiger partial charge in [-0.1, -0.05) is 67.1 Å². The molecule has 0 aliphatic carbocycles. The first kappa shape index (κ1) is 39.2. The van der Waals surface area contributed by atoms with E-state index in [1.54, 1.807) is 0 Å². The number of nitrogens with zero attached hydrogens (tertiary/aromatic N) is 5. The normalized spacial score (nSPS) is 14.8. The summed E-state index contributed by atoms with van der Waals surface area (Å²) in [7, 11) is 0.720. The van der Waals surface area contributed by atoms with E-state index in [9.17, 15) is 0 Å². The average Bonchev–Trinajstić information content (AvgIpc) is 3.70. The van der Waals surface area contributed by atoms with E-state index in [1.165, 1.54) is 0 Å². The van der Waals surface area contributed by atoms with Crippen molar-refractivity contribution < 1.29 is 14.3 Å². The van der Waals surface area contributed by atoms with Gasteiger partial charge in [-0.25, -0.2) is 0 Å². The van der Waals surface area contributed by atoms with Crippen LogP contribution in [0.2, 0.25) is 35.7 Å². The quantitative estimate of drug-likeness (QED) is 0.0913. The van der Waals surface area contributed by atoms with Crippen LogP contribution in [0.25, 0.3) is 32.9 Å². The number of aryl methyl sites for hydroxylation is 5. The molecule has 0 bridgehead atoms. The average molecular weight is 799 g/mol. The Morgan fingerprint density at radius 3 is 2.29 bits per heavy atom. The van der Waals surface area contributed by atoms with Gasteiger partial charge in [0.2, 0.25) is 0 Å². The largest absolute Gasteiger partial charge is 0.494 e. The number of carbonyl (C=O) groups is 1. The van der Waals surface area contributed by atoms with Crippen molar-refractivity contribution in [3.8, 4) is 16.9 Å². The standard InChI is InChI=1S/C44H53Cl2N5O3Si/c1-26-22-32(23-27(2)40(26)46)54-19-13-15-33-34-17-18-36(45)39(38-29(4)47-48(7)30(38)5)42(34)51-28(3)24-49(44(52)43(33)51)41-31(6)50(25-53-20-21-55(8,9)10)37-16-12-11-14-35(37)41/h11-12,14,16-18,22-23,28H,13,15,19-21,24-25H2,1-10H3/t28-/m1/s1. The van der Waals surface area contributed by atoms with Crippen LogP contribution in [0.1, 0.15) is 63.6 Å². The lowest BCUT2D eigenvalue weighted by Crippen LogP contribution is -2.43. The van der Waals surface area contributed by atoms with Gasteiger partial charge in [0.15, 0.2) is 0 Å². The highest BCUT2D eigenvalue weighted by Crippen LogP contribution is 2.46. The van der Waals surface area contributed by atoms with Gasteiger partial charge in [0.05, 0.1) is 34.0 Å². The molecule has 290 valence electrons. The summed E-state index contributed by atoms with van der Waals surface area (Å²) in [5, 5.41) is 8.25. The Bertz CT molecular complexity index is 2430. The monoisotopic (exact) mass is 797 g/mol. The molecule has 8 nitrogen and oxygen atoms in total. The number of rotatable bonds is 12. The lowest BCUT2D eigenvalue weighted by Gasteiger charge is -2.34. The zero-order valence-corrected chi connectivity index (χ0v) is 36.4. The van der Waals surface area contributed by atoms with Crippen LogP contribution in [0.3, 0.4) is 0 Å². The highest BCUT2D eigenvalue weighted by Gasteiger charge is 2.38. The zero-order valence-electron chi connectivity index (χ0n) is 33.9. The number of hydrogen-bond donors (Lipinski definition) is 0. The van der Waals surface area contributed by atoms with Crippen molar-refractivity contribution in [1.82, 2.24) is 18.9 Å². The molecule has 0 saturated carbocycles. The van der Waals surface area contributed by atoms with Crippen molar-refractivity contribution in [3.05, 3.63) is 98.0 Å². The Hall–Kier alpha value is -4.02. The van der Waals surface area contributed by atoms with E-state index in [4.69, 9.17) is 37.8 Å². The Morgan fingerprint density at radius 1 is 0.909 bits per heavy atom. The van der Waals surface area contributed by atoms with Crippen LogP contribution in [0.15, 0.2) is 48.5 Å². The van der Waals surface area contributed by atoms with Crippen LogP contribution >= 0.6 is 23.2 Å². The number of carbonyl (C=O) groups excluding carboxylic acids is 1. The van der Waals surface area contributed by atoms with Gasteiger partial charge >= 0.3 is 0 Å². The summed E-state index contributed by atoms with van der Waals surface area (Å²) in [5.74, 6) is 0.786. The summed E-state index contributed by atoms with van der Waals surface area (Å²) in [6, 6.07) is 17.5. The van der Waals surface area contributed by atoms with Crippen molar-refractivity contribution in [3.63, 3.8) is 0 Å². The maximum atomic E-state index is 15.3. The molecule has 4 heterocycles. The van der Waals surface area contributed by atoms with Crippen LogP contribution in [0.4, 0.5) is 5.69 Å². The summed E-state index contributed by atoms with van der Waals surface area (Å²) in [6.45, 7) is 21.7. The first-order chi connectivity index (χ1) is 26.1. The van der Waals surface area contributed by atoms with Crippen LogP contribution in [0, 0.1) is 34.6 Å². The van der Waals surface area contributed by atoms with Gasteiger partial charge in [-0.05, 0) is 101 Å². The number of hydrogen-bond acceptors (Lipinski definition) is 4. The minimum Gasteiger partial charge on any atom is -0.494 e. The molecule has 1 amide bonds. The Labute approximate surface area is 335 Å². The Kier molecular flexibility index (Phi) is 10.8. The Balaban J connectivity index is 1.33. The number of aromatic nitrogens is 4. The minimum absolute atomic E-state index is 0.0125. The predicted octanol–water partition coefficient (Wildman–Crippen LogP) is 11.4. The van der Waals surface area contributed by atoms with Gasteiger partial charge in [0.1, 0.15) is 18.2 Å². The van der Waals surface area contributed by atoms with Gasteiger partial charge in [0, 0.05) is 72.6 Å². The van der Waals surface area contributed by atoms with Crippen LogP contribution < -0.4 is 9.64 Å². The Morgan fingerprint density at radius 2 is 1.62 bits per heavy atom. The van der Waals surface area contributed by atoms with E-state index in [2.05, 4.69) is 79.9 Å². The van der Waals surface area contributed by atoms with Crippen molar-refractivity contribution in [2.24, 2.45) is 7.05 Å². The highest BCUT2D eigenvalue weighted by molar-refractivity contribution is 6.76. The molecule has 7 rings (SSSR count). The van der Waals surface area contributed by atoms with E-state index in [0.29, 0.717) is 43.4 Å². The molecular formula is C44H53Cl2N5O3Si. The molecule has 1 aliphatic heterocycles. The van der Waals surface area contributed by atoms with Crippen molar-refractivity contribution >= 4 is 64.7 Å². The number of ether oxygens (including phenoxy) is 2. The third-order valence-electron chi connectivity index (χ3n) is 11.2. The maximum Gasteiger partial charge on any atom is 0.275 e. The summed E-state index contributed by atoms with van der Waals surface area (Å²) < 4.78 is 19.0. The van der Waals surface area contributed by atoms with Crippen molar-refractivity contribution in [2.45, 2.75) is 92.8 Å². The first-order valence-corrected chi connectivity index (χ1v) is 23.8. The number of anilines is 1. The number of halogens is 2. The highest BCUT2D eigenvalue weighted by atomic mass is 35.5. The number of benzene rings is 3. The second kappa shape index (κ2) is 15.1. The predicted molar refractivity (Wildman–Crippen MR) is 231 cm³/mol. The zero-order chi connectivity index (χ0) is 39.5. The summed E-state index contributed by atoms with van der Waals surface area (Å²) in [5.41, 5.74) is 11.6. The molecular weight excluding hydrogens is 746 g/mol. The molecule has 3 aromatic heterocycles.